The molecule has 1 aromatic carbocycles. The molecule has 0 aliphatic carbocycles. The standard InChI is InChI=1S/C19H24N2O3S/c1-13(2)8-9-14(3)20-17(22)12-24-19(23)11-10-18-21-15-6-4-5-7-16(15)25-18/h4-7,10-11,13-14H,8-9,12H2,1-3H3,(H,20,22)/b11-10+/t14-/m0/s1. The molecule has 0 aliphatic heterocycles. The largest absolute Gasteiger partial charge is 0.452 e. The third-order valence-corrected chi connectivity index (χ3v) is 4.60. The van der Waals surface area contributed by atoms with Crippen molar-refractivity contribution < 1.29 is 14.3 Å². The van der Waals surface area contributed by atoms with Crippen molar-refractivity contribution in [3.63, 3.8) is 0 Å². The van der Waals surface area contributed by atoms with E-state index in [0.29, 0.717) is 5.92 Å². The van der Waals surface area contributed by atoms with Gasteiger partial charge in [-0.25, -0.2) is 9.78 Å². The minimum atomic E-state index is -0.552. The van der Waals surface area contributed by atoms with Crippen LogP contribution in [-0.4, -0.2) is 29.5 Å². The average molecular weight is 360 g/mol. The Morgan fingerprint density at radius 1 is 1.24 bits per heavy atom. The Balaban J connectivity index is 1.75. The van der Waals surface area contributed by atoms with Crippen molar-refractivity contribution in [3.05, 3.63) is 35.3 Å². The molecular weight excluding hydrogens is 336 g/mol. The Morgan fingerprint density at radius 3 is 2.72 bits per heavy atom. The number of hydrogen-bond donors (Lipinski definition) is 1. The Bertz CT molecular complexity index is 719. The molecule has 134 valence electrons. The predicted molar refractivity (Wildman–Crippen MR) is 101 cm³/mol. The van der Waals surface area contributed by atoms with Gasteiger partial charge in [0.1, 0.15) is 5.01 Å². The van der Waals surface area contributed by atoms with Crippen molar-refractivity contribution in [2.24, 2.45) is 5.92 Å². The van der Waals surface area contributed by atoms with Gasteiger partial charge < -0.3 is 10.1 Å². The van der Waals surface area contributed by atoms with Crippen molar-refractivity contribution in [1.29, 1.82) is 0 Å². The molecule has 0 aliphatic rings. The van der Waals surface area contributed by atoms with Gasteiger partial charge in [-0.15, -0.1) is 11.3 Å². The highest BCUT2D eigenvalue weighted by Crippen LogP contribution is 2.22. The summed E-state index contributed by atoms with van der Waals surface area (Å²) in [5.41, 5.74) is 0.898. The monoisotopic (exact) mass is 360 g/mol. The van der Waals surface area contributed by atoms with E-state index in [4.69, 9.17) is 4.74 Å². The molecule has 0 saturated carbocycles. The van der Waals surface area contributed by atoms with Crippen LogP contribution in [0.1, 0.15) is 38.6 Å². The molecular formula is C19H24N2O3S. The number of ether oxygens (including phenoxy) is 1. The van der Waals surface area contributed by atoms with E-state index in [1.807, 2.05) is 31.2 Å². The fourth-order valence-corrected chi connectivity index (χ4v) is 3.13. The van der Waals surface area contributed by atoms with Crippen molar-refractivity contribution in [2.45, 2.75) is 39.7 Å². The zero-order chi connectivity index (χ0) is 18.2. The lowest BCUT2D eigenvalue weighted by Crippen LogP contribution is -2.35. The second-order valence-electron chi connectivity index (χ2n) is 6.40. The third kappa shape index (κ3) is 6.66. The van der Waals surface area contributed by atoms with E-state index in [1.54, 1.807) is 6.08 Å². The second kappa shape index (κ2) is 9.32. The molecule has 0 spiro atoms. The first kappa shape index (κ1) is 19.1. The summed E-state index contributed by atoms with van der Waals surface area (Å²) < 4.78 is 6.03. The lowest BCUT2D eigenvalue weighted by Gasteiger charge is -2.14. The molecule has 1 amide bonds. The number of hydrogen-bond acceptors (Lipinski definition) is 5. The smallest absolute Gasteiger partial charge is 0.331 e. The average Bonchev–Trinajstić information content (AvgIpc) is 2.99. The van der Waals surface area contributed by atoms with Gasteiger partial charge in [-0.3, -0.25) is 4.79 Å². The van der Waals surface area contributed by atoms with Crippen LogP contribution < -0.4 is 5.32 Å². The maximum atomic E-state index is 11.8. The van der Waals surface area contributed by atoms with Gasteiger partial charge in [0.15, 0.2) is 6.61 Å². The van der Waals surface area contributed by atoms with Crippen LogP contribution in [0.25, 0.3) is 16.3 Å². The first-order chi connectivity index (χ1) is 11.9. The molecule has 6 heteroatoms. The number of nitrogens with zero attached hydrogens (tertiary/aromatic N) is 1. The first-order valence-electron chi connectivity index (χ1n) is 8.44. The molecule has 1 heterocycles. The van der Waals surface area contributed by atoms with Gasteiger partial charge in [-0.2, -0.15) is 0 Å². The molecule has 2 aromatic rings. The van der Waals surface area contributed by atoms with Gasteiger partial charge in [0, 0.05) is 12.1 Å². The number of nitrogens with one attached hydrogen (secondary N) is 1. The zero-order valence-electron chi connectivity index (χ0n) is 14.8. The number of fused-ring (bicyclic) bond motifs is 1. The SMILES string of the molecule is CC(C)CC[C@H](C)NC(=O)COC(=O)/C=C/c1nc2ccccc2s1. The normalized spacial score (nSPS) is 12.6. The number of aromatic nitrogens is 1. The van der Waals surface area contributed by atoms with E-state index in [1.165, 1.54) is 17.4 Å². The minimum Gasteiger partial charge on any atom is -0.452 e. The van der Waals surface area contributed by atoms with Crippen LogP contribution in [-0.2, 0) is 14.3 Å². The van der Waals surface area contributed by atoms with E-state index in [9.17, 15) is 9.59 Å². The van der Waals surface area contributed by atoms with Crippen molar-refractivity contribution in [3.8, 4) is 0 Å². The van der Waals surface area contributed by atoms with Gasteiger partial charge in [-0.05, 0) is 43.9 Å². The second-order valence-corrected chi connectivity index (χ2v) is 7.46. The molecule has 5 nitrogen and oxygen atoms in total. The highest BCUT2D eigenvalue weighted by atomic mass is 32.1. The lowest BCUT2D eigenvalue weighted by molar-refractivity contribution is -0.144. The first-order valence-corrected chi connectivity index (χ1v) is 9.25. The fourth-order valence-electron chi connectivity index (χ4n) is 2.26. The van der Waals surface area contributed by atoms with Crippen molar-refractivity contribution in [2.75, 3.05) is 6.61 Å². The van der Waals surface area contributed by atoms with E-state index in [0.717, 1.165) is 28.1 Å². The van der Waals surface area contributed by atoms with Gasteiger partial charge in [0.25, 0.3) is 5.91 Å². The minimum absolute atomic E-state index is 0.0758. The van der Waals surface area contributed by atoms with Crippen LogP contribution in [0.3, 0.4) is 0 Å². The van der Waals surface area contributed by atoms with Gasteiger partial charge in [0.2, 0.25) is 0 Å². The van der Waals surface area contributed by atoms with E-state index < -0.39 is 5.97 Å². The quantitative estimate of drug-likeness (QED) is 0.574. The summed E-state index contributed by atoms with van der Waals surface area (Å²) in [5, 5.41) is 3.56. The number of rotatable bonds is 8. The lowest BCUT2D eigenvalue weighted by atomic mass is 10.0. The topological polar surface area (TPSA) is 68.3 Å². The van der Waals surface area contributed by atoms with Gasteiger partial charge >= 0.3 is 5.97 Å². The number of carbonyl (C=O) groups excluding carboxylic acids is 2. The van der Waals surface area contributed by atoms with E-state index in [-0.39, 0.29) is 18.6 Å². The highest BCUT2D eigenvalue weighted by Gasteiger charge is 2.10. The van der Waals surface area contributed by atoms with Crippen molar-refractivity contribution in [1.82, 2.24) is 10.3 Å². The van der Waals surface area contributed by atoms with Crippen LogP contribution in [0.2, 0.25) is 0 Å². The number of para-hydroxylation sites is 1. The number of carbonyl (C=O) groups is 2. The van der Waals surface area contributed by atoms with Crippen LogP contribution in [0.5, 0.6) is 0 Å². The summed E-state index contributed by atoms with van der Waals surface area (Å²) in [6.45, 7) is 5.98. The summed E-state index contributed by atoms with van der Waals surface area (Å²) in [5.74, 6) is -0.230. The van der Waals surface area contributed by atoms with Crippen LogP contribution in [0, 0.1) is 5.92 Å². The molecule has 25 heavy (non-hydrogen) atoms. The Hall–Kier alpha value is -2.21. The maximum absolute atomic E-state index is 11.8. The third-order valence-electron chi connectivity index (χ3n) is 3.60. The molecule has 0 saturated heterocycles. The fraction of sp³-hybridized carbons (Fsp3) is 0.421. The molecule has 1 atom stereocenters. The Morgan fingerprint density at radius 2 is 2.00 bits per heavy atom. The van der Waals surface area contributed by atoms with Gasteiger partial charge in [0.05, 0.1) is 10.2 Å². The highest BCUT2D eigenvalue weighted by molar-refractivity contribution is 7.19. The summed E-state index contributed by atoms with van der Waals surface area (Å²) >= 11 is 1.49. The molecule has 0 radical (unpaired) electrons. The van der Waals surface area contributed by atoms with Crippen LogP contribution >= 0.6 is 11.3 Å². The number of esters is 1. The Kier molecular flexibility index (Phi) is 7.13. The van der Waals surface area contributed by atoms with Crippen molar-refractivity contribution >= 4 is 39.5 Å². The number of benzene rings is 1. The van der Waals surface area contributed by atoms with Gasteiger partial charge in [-0.1, -0.05) is 26.0 Å². The molecule has 1 N–H and O–H groups in total. The predicted octanol–water partition coefficient (Wildman–Crippen LogP) is 3.79. The summed E-state index contributed by atoms with van der Waals surface area (Å²) in [7, 11) is 0. The zero-order valence-corrected chi connectivity index (χ0v) is 15.6. The van der Waals surface area contributed by atoms with E-state index in [2.05, 4.69) is 24.1 Å². The molecule has 0 fully saturated rings. The van der Waals surface area contributed by atoms with E-state index >= 15 is 0 Å². The summed E-state index contributed by atoms with van der Waals surface area (Å²) in [6, 6.07) is 7.85. The number of thiazole rings is 1. The van der Waals surface area contributed by atoms with Crippen LogP contribution in [0.4, 0.5) is 0 Å². The molecule has 2 rings (SSSR count). The molecule has 0 unspecified atom stereocenters. The summed E-state index contributed by atoms with van der Waals surface area (Å²) in [4.78, 5) is 27.9. The summed E-state index contributed by atoms with van der Waals surface area (Å²) in [6.07, 6.45) is 4.87. The molecule has 1 aromatic heterocycles. The maximum Gasteiger partial charge on any atom is 0.331 e. The number of amides is 1. The molecule has 0 bridgehead atoms. The van der Waals surface area contributed by atoms with Crippen LogP contribution in [0.15, 0.2) is 30.3 Å². The Labute approximate surface area is 152 Å².